The van der Waals surface area contributed by atoms with Gasteiger partial charge in [0.15, 0.2) is 0 Å². The first-order valence-electron chi connectivity index (χ1n) is 15.0. The number of carbonyl (C=O) groups is 1. The number of pyridine rings is 1. The van der Waals surface area contributed by atoms with Crippen molar-refractivity contribution in [1.82, 2.24) is 9.88 Å². The van der Waals surface area contributed by atoms with Gasteiger partial charge in [0.05, 0.1) is 12.3 Å². The first kappa shape index (κ1) is 30.4. The van der Waals surface area contributed by atoms with E-state index in [1.807, 2.05) is 31.9 Å². The maximum atomic E-state index is 12.7. The van der Waals surface area contributed by atoms with Crippen molar-refractivity contribution >= 4 is 11.8 Å². The maximum absolute atomic E-state index is 12.7. The Morgan fingerprint density at radius 1 is 1.00 bits per heavy atom. The van der Waals surface area contributed by atoms with Crippen molar-refractivity contribution in [2.75, 3.05) is 24.6 Å². The summed E-state index contributed by atoms with van der Waals surface area (Å²) in [7, 11) is 0. The number of nitrogens with zero attached hydrogens (tertiary/aromatic N) is 3. The number of ether oxygens (including phenoxy) is 2. The minimum Gasteiger partial charge on any atom is -0.494 e. The van der Waals surface area contributed by atoms with Crippen LogP contribution in [-0.4, -0.2) is 47.3 Å². The minimum absolute atomic E-state index is 0.224. The molecular formula is C35H47N3O3. The summed E-state index contributed by atoms with van der Waals surface area (Å²) < 4.78 is 11.6. The van der Waals surface area contributed by atoms with Crippen LogP contribution in [-0.2, 0) is 11.3 Å². The number of anilines is 1. The molecule has 0 radical (unpaired) electrons. The minimum atomic E-state index is -0.492. The number of aromatic nitrogens is 1. The molecule has 0 aliphatic carbocycles. The Morgan fingerprint density at radius 2 is 1.66 bits per heavy atom. The van der Waals surface area contributed by atoms with E-state index in [0.717, 1.165) is 61.5 Å². The molecule has 2 heterocycles. The molecule has 6 nitrogen and oxygen atoms in total. The fourth-order valence-corrected chi connectivity index (χ4v) is 5.30. The Morgan fingerprint density at radius 3 is 2.27 bits per heavy atom. The maximum Gasteiger partial charge on any atom is 0.410 e. The van der Waals surface area contributed by atoms with E-state index in [1.165, 1.54) is 22.3 Å². The van der Waals surface area contributed by atoms with Crippen LogP contribution in [0.1, 0.15) is 75.6 Å². The van der Waals surface area contributed by atoms with Crippen LogP contribution in [0.4, 0.5) is 10.5 Å². The van der Waals surface area contributed by atoms with Crippen molar-refractivity contribution in [3.8, 4) is 17.0 Å². The molecule has 0 saturated carbocycles. The van der Waals surface area contributed by atoms with Gasteiger partial charge in [-0.05, 0) is 132 Å². The number of piperidine rings is 1. The predicted octanol–water partition coefficient (Wildman–Crippen LogP) is 8.26. The number of unbranched alkanes of at least 4 members (excludes halogenated alkanes) is 1. The number of carbonyl (C=O) groups excluding carboxylic acids is 1. The molecular weight excluding hydrogens is 510 g/mol. The fraction of sp³-hybridized carbons (Fsp3) is 0.486. The summed E-state index contributed by atoms with van der Waals surface area (Å²) in [4.78, 5) is 21.8. The van der Waals surface area contributed by atoms with Crippen molar-refractivity contribution in [2.24, 2.45) is 0 Å². The summed E-state index contributed by atoms with van der Waals surface area (Å²) >= 11 is 0. The average molecular weight is 558 g/mol. The molecule has 1 aliphatic heterocycles. The highest BCUT2D eigenvalue weighted by Gasteiger charge is 2.30. The lowest BCUT2D eigenvalue weighted by Gasteiger charge is -2.40. The molecule has 2 aromatic carbocycles. The van der Waals surface area contributed by atoms with Gasteiger partial charge in [-0.15, -0.1) is 0 Å². The van der Waals surface area contributed by atoms with E-state index < -0.39 is 5.60 Å². The van der Waals surface area contributed by atoms with Crippen LogP contribution in [0.5, 0.6) is 5.75 Å². The lowest BCUT2D eigenvalue weighted by molar-refractivity contribution is 0.0204. The summed E-state index contributed by atoms with van der Waals surface area (Å²) in [6, 6.07) is 17.6. The molecule has 1 aromatic heterocycles. The van der Waals surface area contributed by atoms with E-state index in [1.54, 1.807) is 0 Å². The highest BCUT2D eigenvalue weighted by atomic mass is 16.6. The van der Waals surface area contributed by atoms with Gasteiger partial charge < -0.3 is 19.3 Å². The number of aryl methyl sites for hydroxylation is 2. The average Bonchev–Trinajstić information content (AvgIpc) is 2.94. The van der Waals surface area contributed by atoms with E-state index in [9.17, 15) is 4.79 Å². The molecule has 3 aromatic rings. The lowest BCUT2D eigenvalue weighted by atomic mass is 9.98. The van der Waals surface area contributed by atoms with Gasteiger partial charge in [0.1, 0.15) is 11.4 Å². The summed E-state index contributed by atoms with van der Waals surface area (Å²) in [5, 5.41) is 0. The summed E-state index contributed by atoms with van der Waals surface area (Å²) in [5.41, 5.74) is 7.92. The summed E-state index contributed by atoms with van der Waals surface area (Å²) in [6.07, 6.45) is 5.62. The SMILES string of the molecule is CCCCOc1ccc(N(Cc2ccnc(-c3cc(C)c(C)c(C)c3)c2)C2CCN(C(=O)OC(C)(C)C)CC2)cc1. The molecule has 0 spiro atoms. The third-order valence-electron chi connectivity index (χ3n) is 7.89. The van der Waals surface area contributed by atoms with Crippen molar-refractivity contribution < 1.29 is 14.3 Å². The Labute approximate surface area is 246 Å². The van der Waals surface area contributed by atoms with Crippen LogP contribution in [0, 0.1) is 20.8 Å². The van der Waals surface area contributed by atoms with Gasteiger partial charge in [-0.25, -0.2) is 4.79 Å². The number of benzene rings is 2. The standard InChI is InChI=1S/C35H47N3O3/c1-8-9-20-40-32-12-10-30(11-13-32)38(31-15-18-37(19-16-31)34(39)41-35(5,6)7)24-28-14-17-36-33(23-28)29-21-25(2)27(4)26(3)22-29/h10-14,17,21-23,31H,8-9,15-16,18-20,24H2,1-7H3. The van der Waals surface area contributed by atoms with Crippen LogP contribution >= 0.6 is 0 Å². The van der Waals surface area contributed by atoms with Gasteiger partial charge in [-0.1, -0.05) is 13.3 Å². The third-order valence-corrected chi connectivity index (χ3v) is 7.89. The van der Waals surface area contributed by atoms with E-state index in [-0.39, 0.29) is 6.09 Å². The quantitative estimate of drug-likeness (QED) is 0.248. The highest BCUT2D eigenvalue weighted by molar-refractivity contribution is 5.68. The van der Waals surface area contributed by atoms with E-state index in [4.69, 9.17) is 14.5 Å². The van der Waals surface area contributed by atoms with Crippen molar-refractivity contribution in [3.05, 3.63) is 77.0 Å². The second-order valence-electron chi connectivity index (χ2n) is 12.3. The summed E-state index contributed by atoms with van der Waals surface area (Å²) in [6.45, 7) is 17.3. The topological polar surface area (TPSA) is 54.9 Å². The van der Waals surface area contributed by atoms with Crippen molar-refractivity contribution in [2.45, 2.75) is 92.3 Å². The fourth-order valence-electron chi connectivity index (χ4n) is 5.30. The molecule has 4 rings (SSSR count). The molecule has 220 valence electrons. The Kier molecular flexibility index (Phi) is 9.95. The van der Waals surface area contributed by atoms with Gasteiger partial charge in [0.2, 0.25) is 0 Å². The monoisotopic (exact) mass is 557 g/mol. The van der Waals surface area contributed by atoms with Gasteiger partial charge in [-0.3, -0.25) is 4.98 Å². The van der Waals surface area contributed by atoms with Gasteiger partial charge in [0, 0.05) is 43.1 Å². The van der Waals surface area contributed by atoms with Crippen LogP contribution in [0.2, 0.25) is 0 Å². The first-order valence-corrected chi connectivity index (χ1v) is 15.0. The third kappa shape index (κ3) is 8.25. The Balaban J connectivity index is 1.56. The van der Waals surface area contributed by atoms with Crippen LogP contribution in [0.25, 0.3) is 11.3 Å². The van der Waals surface area contributed by atoms with Crippen LogP contribution in [0.3, 0.4) is 0 Å². The van der Waals surface area contributed by atoms with Crippen LogP contribution in [0.15, 0.2) is 54.7 Å². The van der Waals surface area contributed by atoms with Crippen LogP contribution < -0.4 is 9.64 Å². The number of hydrogen-bond donors (Lipinski definition) is 0. The number of rotatable bonds is 9. The molecule has 1 amide bonds. The molecule has 41 heavy (non-hydrogen) atoms. The zero-order valence-electron chi connectivity index (χ0n) is 26.0. The Hall–Kier alpha value is -3.54. The molecule has 1 saturated heterocycles. The number of likely N-dealkylation sites (tertiary alicyclic amines) is 1. The van der Waals surface area contributed by atoms with Gasteiger partial charge >= 0.3 is 6.09 Å². The molecule has 6 heteroatoms. The molecule has 1 fully saturated rings. The molecule has 0 atom stereocenters. The van der Waals surface area contributed by atoms with Crippen molar-refractivity contribution in [1.29, 1.82) is 0 Å². The van der Waals surface area contributed by atoms with E-state index >= 15 is 0 Å². The normalized spacial score (nSPS) is 14.2. The highest BCUT2D eigenvalue weighted by Crippen LogP contribution is 2.30. The lowest BCUT2D eigenvalue weighted by Crippen LogP contribution is -2.48. The first-order chi connectivity index (χ1) is 19.5. The second-order valence-corrected chi connectivity index (χ2v) is 12.3. The number of hydrogen-bond acceptors (Lipinski definition) is 5. The molecule has 1 aliphatic rings. The predicted molar refractivity (Wildman–Crippen MR) is 168 cm³/mol. The van der Waals surface area contributed by atoms with Gasteiger partial charge in [-0.2, -0.15) is 0 Å². The molecule has 0 bridgehead atoms. The zero-order chi connectivity index (χ0) is 29.6. The van der Waals surface area contributed by atoms with E-state index in [2.05, 4.69) is 81.1 Å². The largest absolute Gasteiger partial charge is 0.494 e. The van der Waals surface area contributed by atoms with Crippen molar-refractivity contribution in [3.63, 3.8) is 0 Å². The zero-order valence-corrected chi connectivity index (χ0v) is 26.0. The molecule has 0 N–H and O–H groups in total. The smallest absolute Gasteiger partial charge is 0.410 e. The number of amides is 1. The summed E-state index contributed by atoms with van der Waals surface area (Å²) in [5.74, 6) is 0.901. The Bertz CT molecular complexity index is 1280. The van der Waals surface area contributed by atoms with Gasteiger partial charge in [0.25, 0.3) is 0 Å². The second kappa shape index (κ2) is 13.4. The van der Waals surface area contributed by atoms with E-state index in [0.29, 0.717) is 19.1 Å². The molecule has 0 unspecified atom stereocenters.